The van der Waals surface area contributed by atoms with Crippen LogP contribution in [0.4, 0.5) is 19.6 Å². The van der Waals surface area contributed by atoms with Crippen LogP contribution in [0.25, 0.3) is 10.2 Å². The summed E-state index contributed by atoms with van der Waals surface area (Å²) in [5.74, 6) is -0.220. The van der Waals surface area contributed by atoms with Crippen molar-refractivity contribution in [3.05, 3.63) is 18.2 Å². The van der Waals surface area contributed by atoms with Gasteiger partial charge >= 0.3 is 0 Å². The van der Waals surface area contributed by atoms with Gasteiger partial charge < -0.3 is 15.8 Å². The van der Waals surface area contributed by atoms with Gasteiger partial charge in [-0.25, -0.2) is 13.8 Å². The molecule has 1 aromatic heterocycles. The van der Waals surface area contributed by atoms with Crippen LogP contribution in [0.3, 0.4) is 0 Å². The number of anilines is 2. The van der Waals surface area contributed by atoms with E-state index in [-0.39, 0.29) is 18.9 Å². The zero-order valence-electron chi connectivity index (χ0n) is 11.1. The molecular weight excluding hydrogens is 300 g/mol. The lowest BCUT2D eigenvalue weighted by molar-refractivity contribution is -0.116. The number of halogens is 2. The van der Waals surface area contributed by atoms with Gasteiger partial charge in [-0.05, 0) is 24.6 Å². The minimum atomic E-state index is -2.48. The highest BCUT2D eigenvalue weighted by molar-refractivity contribution is 7.22. The van der Waals surface area contributed by atoms with Gasteiger partial charge in [-0.2, -0.15) is 0 Å². The van der Waals surface area contributed by atoms with E-state index in [2.05, 4.69) is 10.3 Å². The SMILES string of the molecule is Nc1ccc2nc(NC(=O)CCCOCC(F)F)sc2c1. The number of nitrogens with one attached hydrogen (secondary N) is 1. The van der Waals surface area contributed by atoms with Crippen LogP contribution in [0.5, 0.6) is 0 Å². The third-order valence-corrected chi connectivity index (χ3v) is 3.53. The standard InChI is InChI=1S/C13H15F2N3O2S/c14-11(15)7-20-5-1-2-12(19)18-13-17-9-4-3-8(16)6-10(9)21-13/h3-4,6,11H,1-2,5,7,16H2,(H,17,18,19). The second kappa shape index (κ2) is 7.28. The molecule has 0 spiro atoms. The van der Waals surface area contributed by atoms with Crippen molar-refractivity contribution in [1.82, 2.24) is 4.98 Å². The van der Waals surface area contributed by atoms with Crippen molar-refractivity contribution < 1.29 is 18.3 Å². The molecule has 3 N–H and O–H groups in total. The average molecular weight is 315 g/mol. The van der Waals surface area contributed by atoms with E-state index in [0.717, 1.165) is 10.2 Å². The number of nitrogen functional groups attached to an aromatic ring is 1. The largest absolute Gasteiger partial charge is 0.399 e. The van der Waals surface area contributed by atoms with Crippen molar-refractivity contribution in [1.29, 1.82) is 0 Å². The summed E-state index contributed by atoms with van der Waals surface area (Å²) in [4.78, 5) is 15.9. The molecule has 1 amide bonds. The number of hydrogen-bond donors (Lipinski definition) is 2. The Balaban J connectivity index is 1.78. The van der Waals surface area contributed by atoms with Crippen molar-refractivity contribution in [2.24, 2.45) is 0 Å². The number of aromatic nitrogens is 1. The maximum atomic E-state index is 11.8. The first-order chi connectivity index (χ1) is 10.0. The van der Waals surface area contributed by atoms with Gasteiger partial charge in [0.2, 0.25) is 5.91 Å². The van der Waals surface area contributed by atoms with E-state index in [1.807, 2.05) is 0 Å². The summed E-state index contributed by atoms with van der Waals surface area (Å²) >= 11 is 1.33. The highest BCUT2D eigenvalue weighted by Gasteiger charge is 2.08. The molecule has 0 fully saturated rings. The van der Waals surface area contributed by atoms with Crippen molar-refractivity contribution in [3.63, 3.8) is 0 Å². The number of hydrogen-bond acceptors (Lipinski definition) is 5. The molecule has 0 aliphatic carbocycles. The first-order valence-electron chi connectivity index (χ1n) is 6.36. The highest BCUT2D eigenvalue weighted by atomic mass is 32.1. The molecule has 114 valence electrons. The molecule has 0 bridgehead atoms. The number of carbonyl (C=O) groups excluding carboxylic acids is 1. The van der Waals surface area contributed by atoms with Crippen LogP contribution in [0.15, 0.2) is 18.2 Å². The fourth-order valence-electron chi connectivity index (χ4n) is 1.68. The number of ether oxygens (including phenoxy) is 1. The zero-order valence-corrected chi connectivity index (χ0v) is 12.0. The number of benzene rings is 1. The molecule has 8 heteroatoms. The van der Waals surface area contributed by atoms with Gasteiger partial charge in [-0.3, -0.25) is 4.79 Å². The van der Waals surface area contributed by atoms with Crippen LogP contribution >= 0.6 is 11.3 Å². The molecule has 0 atom stereocenters. The van der Waals surface area contributed by atoms with E-state index in [4.69, 9.17) is 10.5 Å². The predicted molar refractivity (Wildman–Crippen MR) is 78.7 cm³/mol. The maximum Gasteiger partial charge on any atom is 0.261 e. The zero-order chi connectivity index (χ0) is 15.2. The van der Waals surface area contributed by atoms with Gasteiger partial charge in [0, 0.05) is 18.7 Å². The van der Waals surface area contributed by atoms with Gasteiger partial charge in [0.25, 0.3) is 6.43 Å². The molecule has 0 aliphatic rings. The minimum Gasteiger partial charge on any atom is -0.399 e. The monoisotopic (exact) mass is 315 g/mol. The quantitative estimate of drug-likeness (QED) is 0.608. The summed E-state index contributed by atoms with van der Waals surface area (Å²) < 4.78 is 29.2. The molecule has 0 aliphatic heterocycles. The summed E-state index contributed by atoms with van der Waals surface area (Å²) in [6.45, 7) is -0.463. The van der Waals surface area contributed by atoms with E-state index in [1.165, 1.54) is 11.3 Å². The molecule has 1 heterocycles. The molecule has 2 rings (SSSR count). The topological polar surface area (TPSA) is 77.2 Å². The highest BCUT2D eigenvalue weighted by Crippen LogP contribution is 2.27. The average Bonchev–Trinajstić information content (AvgIpc) is 2.79. The van der Waals surface area contributed by atoms with Crippen molar-refractivity contribution in [2.75, 3.05) is 24.3 Å². The summed E-state index contributed by atoms with van der Waals surface area (Å²) in [7, 11) is 0. The smallest absolute Gasteiger partial charge is 0.261 e. The maximum absolute atomic E-state index is 11.8. The number of carbonyl (C=O) groups is 1. The Morgan fingerprint density at radius 3 is 3.05 bits per heavy atom. The molecule has 2 aromatic rings. The lowest BCUT2D eigenvalue weighted by Gasteiger charge is -2.03. The van der Waals surface area contributed by atoms with Crippen LogP contribution in [0.2, 0.25) is 0 Å². The number of amides is 1. The second-order valence-electron chi connectivity index (χ2n) is 4.36. The predicted octanol–water partition coefficient (Wildman–Crippen LogP) is 2.88. The Labute approximate surface area is 124 Å². The molecular formula is C13H15F2N3O2S. The number of thiazole rings is 1. The number of nitrogens with zero attached hydrogens (tertiary/aromatic N) is 1. The van der Waals surface area contributed by atoms with Gasteiger partial charge in [-0.15, -0.1) is 0 Å². The van der Waals surface area contributed by atoms with Crippen LogP contribution in [0.1, 0.15) is 12.8 Å². The first-order valence-corrected chi connectivity index (χ1v) is 7.18. The minimum absolute atomic E-state index is 0.133. The summed E-state index contributed by atoms with van der Waals surface area (Å²) in [5.41, 5.74) is 7.08. The van der Waals surface area contributed by atoms with Crippen molar-refractivity contribution in [2.45, 2.75) is 19.3 Å². The van der Waals surface area contributed by atoms with Gasteiger partial charge in [0.1, 0.15) is 6.61 Å². The Morgan fingerprint density at radius 2 is 2.29 bits per heavy atom. The normalized spacial score (nSPS) is 11.2. The molecule has 0 unspecified atom stereocenters. The van der Waals surface area contributed by atoms with Crippen LogP contribution < -0.4 is 11.1 Å². The van der Waals surface area contributed by atoms with Gasteiger partial charge in [-0.1, -0.05) is 11.3 Å². The van der Waals surface area contributed by atoms with Crippen LogP contribution in [0, 0.1) is 0 Å². The van der Waals surface area contributed by atoms with Gasteiger partial charge in [0.05, 0.1) is 10.2 Å². The fourth-order valence-corrected chi connectivity index (χ4v) is 2.61. The Bertz CT molecular complexity index is 618. The second-order valence-corrected chi connectivity index (χ2v) is 5.39. The number of fused-ring (bicyclic) bond motifs is 1. The van der Waals surface area contributed by atoms with E-state index < -0.39 is 13.0 Å². The Morgan fingerprint density at radius 1 is 1.48 bits per heavy atom. The summed E-state index contributed by atoms with van der Waals surface area (Å²) in [5, 5.41) is 3.17. The van der Waals surface area contributed by atoms with E-state index in [1.54, 1.807) is 18.2 Å². The molecule has 0 saturated heterocycles. The fraction of sp³-hybridized carbons (Fsp3) is 0.385. The van der Waals surface area contributed by atoms with Gasteiger partial charge in [0.15, 0.2) is 5.13 Å². The molecule has 0 radical (unpaired) electrons. The third-order valence-electron chi connectivity index (χ3n) is 2.60. The molecule has 5 nitrogen and oxygen atoms in total. The summed E-state index contributed by atoms with van der Waals surface area (Å²) in [6.07, 6.45) is -1.90. The molecule has 21 heavy (non-hydrogen) atoms. The van der Waals surface area contributed by atoms with Crippen molar-refractivity contribution in [3.8, 4) is 0 Å². The number of nitrogens with two attached hydrogens (primary N) is 1. The van der Waals surface area contributed by atoms with E-state index >= 15 is 0 Å². The molecule has 0 saturated carbocycles. The lowest BCUT2D eigenvalue weighted by Crippen LogP contribution is -2.13. The summed E-state index contributed by atoms with van der Waals surface area (Å²) in [6, 6.07) is 5.32. The third kappa shape index (κ3) is 4.91. The van der Waals surface area contributed by atoms with Crippen molar-refractivity contribution >= 4 is 38.3 Å². The first kappa shape index (κ1) is 15.6. The Hall–Kier alpha value is -1.80. The molecule has 1 aromatic carbocycles. The Kier molecular flexibility index (Phi) is 5.40. The lowest BCUT2D eigenvalue weighted by atomic mass is 10.3. The number of alkyl halides is 2. The van der Waals surface area contributed by atoms with E-state index in [9.17, 15) is 13.6 Å². The number of rotatable bonds is 7. The van der Waals surface area contributed by atoms with Crippen LogP contribution in [-0.2, 0) is 9.53 Å². The van der Waals surface area contributed by atoms with Crippen LogP contribution in [-0.4, -0.2) is 30.5 Å². The van der Waals surface area contributed by atoms with E-state index in [0.29, 0.717) is 17.2 Å².